The molecule has 198 valence electrons. The van der Waals surface area contributed by atoms with Crippen molar-refractivity contribution in [3.05, 3.63) is 82.9 Å². The van der Waals surface area contributed by atoms with E-state index in [1.165, 1.54) is 6.07 Å². The summed E-state index contributed by atoms with van der Waals surface area (Å²) in [6.07, 6.45) is 0.357. The summed E-state index contributed by atoms with van der Waals surface area (Å²) in [6, 6.07) is 15.3. The molecular formula is C31H36F2O4. The largest absolute Gasteiger partial charge is 0.497 e. The number of hydrogen-bond acceptors (Lipinski definition) is 3. The number of carboxylic acids is 1. The monoisotopic (exact) mass is 510 g/mol. The van der Waals surface area contributed by atoms with E-state index < -0.39 is 17.7 Å². The van der Waals surface area contributed by atoms with E-state index in [2.05, 4.69) is 27.7 Å². The molecule has 0 saturated carbocycles. The van der Waals surface area contributed by atoms with E-state index in [1.807, 2.05) is 25.1 Å². The fraction of sp³-hybridized carbons (Fsp3) is 0.387. The van der Waals surface area contributed by atoms with Crippen molar-refractivity contribution in [3.63, 3.8) is 0 Å². The molecule has 3 rings (SSSR count). The van der Waals surface area contributed by atoms with Gasteiger partial charge in [-0.3, -0.25) is 4.79 Å². The lowest BCUT2D eigenvalue weighted by atomic mass is 9.75. The second-order valence-corrected chi connectivity index (χ2v) is 10.5. The first kappa shape index (κ1) is 28.2. The third-order valence-corrected chi connectivity index (χ3v) is 7.09. The zero-order valence-electron chi connectivity index (χ0n) is 22.4. The van der Waals surface area contributed by atoms with Gasteiger partial charge < -0.3 is 14.6 Å². The Kier molecular flexibility index (Phi) is 8.95. The van der Waals surface area contributed by atoms with Crippen molar-refractivity contribution in [2.45, 2.75) is 65.9 Å². The standard InChI is InChI=1S/C31H36F2O4/c1-7-21(16-29(34)35)23-9-8-10-28(30(23)33)37-18-20-11-13-24(25(15-20)19(2)31(3,4)5)26-17-22(36-6)12-14-27(26)32/h8-15,17,19,21H,7,16,18H2,1-6H3,(H,34,35)/t19-,21+/m1/s1. The molecule has 3 aromatic rings. The maximum absolute atomic E-state index is 15.3. The number of halogens is 2. The van der Waals surface area contributed by atoms with Crippen LogP contribution in [0.2, 0.25) is 0 Å². The Hall–Kier alpha value is -3.41. The summed E-state index contributed by atoms with van der Waals surface area (Å²) in [5, 5.41) is 9.18. The first-order valence-electron chi connectivity index (χ1n) is 12.6. The summed E-state index contributed by atoms with van der Waals surface area (Å²) in [6.45, 7) is 10.5. The Morgan fingerprint density at radius 3 is 2.35 bits per heavy atom. The fourth-order valence-corrected chi connectivity index (χ4v) is 4.41. The lowest BCUT2D eigenvalue weighted by Gasteiger charge is -2.30. The number of benzene rings is 3. The van der Waals surface area contributed by atoms with Crippen molar-refractivity contribution in [1.29, 1.82) is 0 Å². The molecule has 0 aliphatic heterocycles. The van der Waals surface area contributed by atoms with Gasteiger partial charge in [-0.1, -0.05) is 65.0 Å². The lowest BCUT2D eigenvalue weighted by Crippen LogP contribution is -2.16. The van der Waals surface area contributed by atoms with Gasteiger partial charge in [0.15, 0.2) is 11.6 Å². The predicted molar refractivity (Wildman–Crippen MR) is 142 cm³/mol. The van der Waals surface area contributed by atoms with E-state index in [-0.39, 0.29) is 35.9 Å². The smallest absolute Gasteiger partial charge is 0.303 e. The van der Waals surface area contributed by atoms with Crippen molar-refractivity contribution < 1.29 is 28.2 Å². The van der Waals surface area contributed by atoms with E-state index >= 15 is 4.39 Å². The van der Waals surface area contributed by atoms with Crippen molar-refractivity contribution >= 4 is 5.97 Å². The molecule has 1 N–H and O–H groups in total. The Labute approximate surface area is 218 Å². The van der Waals surface area contributed by atoms with Crippen LogP contribution in [0.1, 0.15) is 76.0 Å². The van der Waals surface area contributed by atoms with Gasteiger partial charge in [0, 0.05) is 5.56 Å². The zero-order chi connectivity index (χ0) is 27.3. The SMILES string of the molecule is CC[C@@H](CC(=O)O)c1cccc(OCc2ccc(-c3cc(OC)ccc3F)c([C@@H](C)C(C)(C)C)c2)c1F. The van der Waals surface area contributed by atoms with Crippen LogP contribution in [0, 0.1) is 17.0 Å². The number of methoxy groups -OCH3 is 1. The second kappa shape index (κ2) is 11.8. The van der Waals surface area contributed by atoms with Crippen molar-refractivity contribution in [2.75, 3.05) is 7.11 Å². The average Bonchev–Trinajstić information content (AvgIpc) is 2.86. The molecule has 0 bridgehead atoms. The van der Waals surface area contributed by atoms with E-state index in [4.69, 9.17) is 9.47 Å². The van der Waals surface area contributed by atoms with Gasteiger partial charge in [-0.05, 0) is 70.2 Å². The van der Waals surface area contributed by atoms with Crippen LogP contribution in [0.4, 0.5) is 8.78 Å². The number of carboxylic acid groups (broad SMARTS) is 1. The number of hydrogen-bond donors (Lipinski definition) is 1. The molecule has 6 heteroatoms. The maximum atomic E-state index is 15.3. The second-order valence-electron chi connectivity index (χ2n) is 10.5. The summed E-state index contributed by atoms with van der Waals surface area (Å²) in [5.74, 6) is -1.54. The van der Waals surface area contributed by atoms with Crippen LogP contribution in [0.15, 0.2) is 54.6 Å². The number of carbonyl (C=O) groups is 1. The summed E-state index contributed by atoms with van der Waals surface area (Å²) < 4.78 is 41.4. The van der Waals surface area contributed by atoms with E-state index in [9.17, 15) is 14.3 Å². The fourth-order valence-electron chi connectivity index (χ4n) is 4.41. The van der Waals surface area contributed by atoms with Crippen molar-refractivity contribution in [1.82, 2.24) is 0 Å². The third kappa shape index (κ3) is 6.68. The highest BCUT2D eigenvalue weighted by atomic mass is 19.1. The van der Waals surface area contributed by atoms with Crippen molar-refractivity contribution in [3.8, 4) is 22.6 Å². The molecule has 0 radical (unpaired) electrons. The van der Waals surface area contributed by atoms with Crippen LogP contribution in [0.25, 0.3) is 11.1 Å². The van der Waals surface area contributed by atoms with Gasteiger partial charge in [-0.25, -0.2) is 8.78 Å². The molecule has 2 atom stereocenters. The van der Waals surface area contributed by atoms with E-state index in [0.29, 0.717) is 23.3 Å². The highest BCUT2D eigenvalue weighted by molar-refractivity contribution is 5.71. The molecule has 0 aliphatic rings. The summed E-state index contributed by atoms with van der Waals surface area (Å²) >= 11 is 0. The van der Waals surface area contributed by atoms with E-state index in [0.717, 1.165) is 16.7 Å². The predicted octanol–water partition coefficient (Wildman–Crippen LogP) is 8.34. The minimum Gasteiger partial charge on any atom is -0.497 e. The van der Waals surface area contributed by atoms with Gasteiger partial charge in [0.25, 0.3) is 0 Å². The lowest BCUT2D eigenvalue weighted by molar-refractivity contribution is -0.137. The van der Waals surface area contributed by atoms with Gasteiger partial charge in [-0.15, -0.1) is 0 Å². The molecule has 4 nitrogen and oxygen atoms in total. The first-order valence-corrected chi connectivity index (χ1v) is 12.6. The number of rotatable bonds is 10. The van der Waals surface area contributed by atoms with Crippen LogP contribution in [0.3, 0.4) is 0 Å². The Morgan fingerprint density at radius 2 is 1.73 bits per heavy atom. The molecule has 0 fully saturated rings. The van der Waals surface area contributed by atoms with Crippen LogP contribution in [0.5, 0.6) is 11.5 Å². The van der Waals surface area contributed by atoms with Gasteiger partial charge in [0.05, 0.1) is 13.5 Å². The molecule has 0 heterocycles. The molecule has 37 heavy (non-hydrogen) atoms. The summed E-state index contributed by atoms with van der Waals surface area (Å²) in [5.41, 5.74) is 3.26. The third-order valence-electron chi connectivity index (χ3n) is 7.09. The van der Waals surface area contributed by atoms with Gasteiger partial charge in [0.1, 0.15) is 18.2 Å². The number of ether oxygens (including phenoxy) is 2. The quantitative estimate of drug-likeness (QED) is 0.298. The highest BCUT2D eigenvalue weighted by Crippen LogP contribution is 2.41. The molecule has 0 saturated heterocycles. The maximum Gasteiger partial charge on any atom is 0.303 e. The van der Waals surface area contributed by atoms with Crippen LogP contribution >= 0.6 is 0 Å². The Bertz CT molecular complexity index is 1250. The van der Waals surface area contributed by atoms with Gasteiger partial charge in [-0.2, -0.15) is 0 Å². The summed E-state index contributed by atoms with van der Waals surface area (Å²) in [4.78, 5) is 11.2. The van der Waals surface area contributed by atoms with Gasteiger partial charge in [0.2, 0.25) is 0 Å². The molecule has 0 unspecified atom stereocenters. The topological polar surface area (TPSA) is 55.8 Å². The molecular weight excluding hydrogens is 474 g/mol. The van der Waals surface area contributed by atoms with Crippen LogP contribution in [-0.4, -0.2) is 18.2 Å². The minimum absolute atomic E-state index is 0.0782. The number of aliphatic carboxylic acids is 1. The Morgan fingerprint density at radius 1 is 1.00 bits per heavy atom. The van der Waals surface area contributed by atoms with E-state index in [1.54, 1.807) is 37.4 Å². The molecule has 0 aliphatic carbocycles. The van der Waals surface area contributed by atoms with Crippen molar-refractivity contribution in [2.24, 2.45) is 5.41 Å². The minimum atomic E-state index is -0.967. The normalized spacial score (nSPS) is 13.2. The summed E-state index contributed by atoms with van der Waals surface area (Å²) in [7, 11) is 1.55. The highest BCUT2D eigenvalue weighted by Gasteiger charge is 2.26. The first-order chi connectivity index (χ1) is 17.5. The molecule has 3 aromatic carbocycles. The van der Waals surface area contributed by atoms with Crippen LogP contribution in [-0.2, 0) is 11.4 Å². The zero-order valence-corrected chi connectivity index (χ0v) is 22.4. The Balaban J connectivity index is 1.96. The molecule has 0 amide bonds. The van der Waals surface area contributed by atoms with Crippen LogP contribution < -0.4 is 9.47 Å². The molecule has 0 spiro atoms. The van der Waals surface area contributed by atoms with Gasteiger partial charge >= 0.3 is 5.97 Å². The molecule has 0 aromatic heterocycles. The average molecular weight is 511 g/mol.